The molecule has 0 atom stereocenters. The molecule has 0 spiro atoms. The number of allylic oxidation sites excluding steroid dienone is 3. The van der Waals surface area contributed by atoms with Gasteiger partial charge in [-0.25, -0.2) is 9.48 Å². The molecule has 0 bridgehead atoms. The Balaban J connectivity index is 1.35. The van der Waals surface area contributed by atoms with Crippen LogP contribution in [0.4, 0.5) is 0 Å². The number of ether oxygens (including phenoxy) is 3. The van der Waals surface area contributed by atoms with Gasteiger partial charge in [-0.15, -0.1) is 5.10 Å². The Labute approximate surface area is 204 Å². The lowest BCUT2D eigenvalue weighted by Crippen LogP contribution is -2.04. The zero-order chi connectivity index (χ0) is 23.9. The van der Waals surface area contributed by atoms with Gasteiger partial charge in [0, 0.05) is 0 Å². The summed E-state index contributed by atoms with van der Waals surface area (Å²) < 4.78 is 19.2. The molecule has 3 aromatic rings. The van der Waals surface area contributed by atoms with Crippen LogP contribution in [0.15, 0.2) is 96.3 Å². The lowest BCUT2D eigenvalue weighted by atomic mass is 9.98. The Bertz CT molecular complexity index is 1260. The molecular weight excluding hydrogens is 442 g/mol. The molecule has 178 valence electrons. The van der Waals surface area contributed by atoms with Crippen LogP contribution in [-0.2, 0) is 38.8 Å². The number of aromatic nitrogens is 3. The molecule has 0 saturated heterocycles. The Kier molecular flexibility index (Phi) is 7.03. The highest BCUT2D eigenvalue weighted by Gasteiger charge is 2.34. The van der Waals surface area contributed by atoms with Crippen molar-refractivity contribution in [2.45, 2.75) is 45.4 Å². The van der Waals surface area contributed by atoms with Crippen LogP contribution in [-0.4, -0.2) is 21.0 Å². The molecule has 35 heavy (non-hydrogen) atoms. The van der Waals surface area contributed by atoms with Gasteiger partial charge in [0.05, 0.1) is 12.7 Å². The van der Waals surface area contributed by atoms with E-state index < -0.39 is 5.97 Å². The maximum Gasteiger partial charge on any atom is 0.383 e. The number of hydrogen-bond acceptors (Lipinski definition) is 6. The third kappa shape index (κ3) is 5.69. The van der Waals surface area contributed by atoms with E-state index in [9.17, 15) is 4.79 Å². The van der Waals surface area contributed by atoms with Crippen LogP contribution in [0.5, 0.6) is 0 Å². The number of nitrogens with zero attached hydrogens (tertiary/aromatic N) is 3. The summed E-state index contributed by atoms with van der Waals surface area (Å²) in [7, 11) is 0. The molecule has 0 saturated carbocycles. The van der Waals surface area contributed by atoms with Crippen molar-refractivity contribution < 1.29 is 19.0 Å². The van der Waals surface area contributed by atoms with E-state index >= 15 is 0 Å². The van der Waals surface area contributed by atoms with Crippen molar-refractivity contribution in [3.63, 3.8) is 0 Å². The average Bonchev–Trinajstić information content (AvgIpc) is 3.51. The average molecular weight is 470 g/mol. The number of cyclic esters (lactones) is 1. The minimum absolute atomic E-state index is 0.0719. The van der Waals surface area contributed by atoms with E-state index in [-0.39, 0.29) is 19.0 Å². The third-order valence-electron chi connectivity index (χ3n) is 5.89. The van der Waals surface area contributed by atoms with Crippen LogP contribution in [0.25, 0.3) is 5.57 Å². The first-order valence-corrected chi connectivity index (χ1v) is 11.9. The maximum atomic E-state index is 12.7. The van der Waals surface area contributed by atoms with Crippen LogP contribution < -0.4 is 0 Å². The maximum absolute atomic E-state index is 12.7. The molecule has 1 aromatic heterocycles. The van der Waals surface area contributed by atoms with Gasteiger partial charge in [0.1, 0.15) is 18.9 Å². The van der Waals surface area contributed by atoms with Crippen LogP contribution in [0, 0.1) is 0 Å². The predicted octanol–water partition coefficient (Wildman–Crippen LogP) is 5.32. The van der Waals surface area contributed by atoms with E-state index in [2.05, 4.69) is 16.4 Å². The van der Waals surface area contributed by atoms with Gasteiger partial charge in [-0.05, 0) is 48.5 Å². The van der Waals surface area contributed by atoms with Gasteiger partial charge in [0.2, 0.25) is 5.76 Å². The zero-order valence-corrected chi connectivity index (χ0v) is 19.4. The number of rotatable bonds is 9. The van der Waals surface area contributed by atoms with Gasteiger partial charge in [0.25, 0.3) is 5.76 Å². The number of benzene rings is 2. The molecule has 5 rings (SSSR count). The first kappa shape index (κ1) is 22.7. The third-order valence-corrected chi connectivity index (χ3v) is 5.89. The molecule has 2 aliphatic rings. The van der Waals surface area contributed by atoms with Crippen molar-refractivity contribution in [1.82, 2.24) is 15.0 Å². The van der Waals surface area contributed by atoms with Gasteiger partial charge in [-0.2, -0.15) is 0 Å². The summed E-state index contributed by atoms with van der Waals surface area (Å²) in [6.45, 7) is 0.898. The standard InChI is InChI=1S/C28H27N3O4/c32-28-27(34-20-22-12-6-2-7-13-22)26(33-19-21-10-4-1-5-11-21)25(35-28)16-17-31-18-24(29-30-31)23-14-8-3-9-15-23/h1-2,4-7,10-14,16,18H,3,8-9,15,17,19-20H2/b25-16-. The molecule has 1 aliphatic heterocycles. The Hall–Kier alpha value is -4.13. The van der Waals surface area contributed by atoms with E-state index in [0.29, 0.717) is 18.1 Å². The van der Waals surface area contributed by atoms with Gasteiger partial charge in [0.15, 0.2) is 5.76 Å². The van der Waals surface area contributed by atoms with Crippen LogP contribution in [0.3, 0.4) is 0 Å². The summed E-state index contributed by atoms with van der Waals surface area (Å²) in [5.74, 6) is 0.123. The van der Waals surface area contributed by atoms with Gasteiger partial charge in [-0.1, -0.05) is 72.0 Å². The molecule has 0 fully saturated rings. The Morgan fingerprint density at radius 2 is 1.60 bits per heavy atom. The largest absolute Gasteiger partial charge is 0.481 e. The molecule has 7 nitrogen and oxygen atoms in total. The molecule has 2 aromatic carbocycles. The summed E-state index contributed by atoms with van der Waals surface area (Å²) >= 11 is 0. The quantitative estimate of drug-likeness (QED) is 0.395. The molecule has 0 radical (unpaired) electrons. The molecule has 7 heteroatoms. The summed E-state index contributed by atoms with van der Waals surface area (Å²) in [6.07, 6.45) is 10.4. The number of hydrogen-bond donors (Lipinski definition) is 0. The second-order valence-electron chi connectivity index (χ2n) is 8.47. The second-order valence-corrected chi connectivity index (χ2v) is 8.47. The SMILES string of the molecule is O=C1O/C(=C\Cn2cc(C3=CCCCC3)nn2)C(OCc2ccccc2)=C1OCc1ccccc1. The van der Waals surface area contributed by atoms with Crippen molar-refractivity contribution in [3.05, 3.63) is 113 Å². The monoisotopic (exact) mass is 469 g/mol. The highest BCUT2D eigenvalue weighted by Crippen LogP contribution is 2.30. The number of carbonyl (C=O) groups excluding carboxylic acids is 1. The lowest BCUT2D eigenvalue weighted by molar-refractivity contribution is -0.136. The van der Waals surface area contributed by atoms with Crippen molar-refractivity contribution in [3.8, 4) is 0 Å². The van der Waals surface area contributed by atoms with Gasteiger partial charge in [-0.3, -0.25) is 0 Å². The van der Waals surface area contributed by atoms with Gasteiger partial charge < -0.3 is 14.2 Å². The molecular formula is C28H27N3O4. The summed E-state index contributed by atoms with van der Waals surface area (Å²) in [6, 6.07) is 19.4. The van der Waals surface area contributed by atoms with Crippen molar-refractivity contribution in [1.29, 1.82) is 0 Å². The topological polar surface area (TPSA) is 75.5 Å². The Morgan fingerprint density at radius 3 is 2.26 bits per heavy atom. The fourth-order valence-electron chi connectivity index (χ4n) is 4.03. The highest BCUT2D eigenvalue weighted by atomic mass is 16.6. The minimum Gasteiger partial charge on any atom is -0.481 e. The molecule has 2 heterocycles. The fraction of sp³-hybridized carbons (Fsp3) is 0.250. The summed E-state index contributed by atoms with van der Waals surface area (Å²) in [5, 5.41) is 8.55. The fourth-order valence-corrected chi connectivity index (χ4v) is 4.03. The zero-order valence-electron chi connectivity index (χ0n) is 19.4. The van der Waals surface area contributed by atoms with E-state index in [1.807, 2.05) is 66.9 Å². The van der Waals surface area contributed by atoms with Crippen molar-refractivity contribution in [2.24, 2.45) is 0 Å². The normalized spacial score (nSPS) is 16.9. The van der Waals surface area contributed by atoms with Crippen LogP contribution in [0.1, 0.15) is 42.5 Å². The van der Waals surface area contributed by atoms with Crippen molar-refractivity contribution in [2.75, 3.05) is 0 Å². The molecule has 0 amide bonds. The molecule has 1 aliphatic carbocycles. The number of carbonyl (C=O) groups is 1. The lowest BCUT2D eigenvalue weighted by Gasteiger charge is -2.10. The Morgan fingerprint density at radius 1 is 0.914 bits per heavy atom. The number of esters is 1. The smallest absolute Gasteiger partial charge is 0.383 e. The van der Waals surface area contributed by atoms with Crippen molar-refractivity contribution >= 4 is 11.5 Å². The first-order chi connectivity index (χ1) is 17.3. The second kappa shape index (κ2) is 10.9. The van der Waals surface area contributed by atoms with E-state index in [4.69, 9.17) is 14.2 Å². The van der Waals surface area contributed by atoms with E-state index in [1.165, 1.54) is 18.4 Å². The first-order valence-electron chi connectivity index (χ1n) is 11.9. The van der Waals surface area contributed by atoms with Crippen LogP contribution >= 0.6 is 0 Å². The summed E-state index contributed by atoms with van der Waals surface area (Å²) in [4.78, 5) is 12.7. The molecule has 0 unspecified atom stereocenters. The summed E-state index contributed by atoms with van der Waals surface area (Å²) in [5.41, 5.74) is 4.06. The molecule has 0 N–H and O–H groups in total. The highest BCUT2D eigenvalue weighted by molar-refractivity contribution is 5.91. The van der Waals surface area contributed by atoms with Gasteiger partial charge >= 0.3 is 5.97 Å². The minimum atomic E-state index is -0.568. The van der Waals surface area contributed by atoms with E-state index in [1.54, 1.807) is 10.8 Å². The van der Waals surface area contributed by atoms with E-state index in [0.717, 1.165) is 29.7 Å². The predicted molar refractivity (Wildman–Crippen MR) is 130 cm³/mol. The van der Waals surface area contributed by atoms with Crippen LogP contribution in [0.2, 0.25) is 0 Å².